The highest BCUT2D eigenvalue weighted by atomic mass is 32.1. The Morgan fingerprint density at radius 2 is 2.26 bits per heavy atom. The third-order valence-electron chi connectivity index (χ3n) is 4.56. The van der Waals surface area contributed by atoms with Crippen LogP contribution in [0.25, 0.3) is 0 Å². The molecular weight excluding hydrogens is 256 g/mol. The van der Waals surface area contributed by atoms with E-state index in [1.54, 1.807) is 0 Å². The average molecular weight is 282 g/mol. The number of aryl methyl sites for hydroxylation is 1. The molecule has 0 amide bonds. The van der Waals surface area contributed by atoms with Crippen molar-refractivity contribution in [1.29, 1.82) is 0 Å². The van der Waals surface area contributed by atoms with Gasteiger partial charge in [-0.3, -0.25) is 0 Å². The van der Waals surface area contributed by atoms with Crippen molar-refractivity contribution in [2.75, 3.05) is 6.61 Å². The molecule has 0 radical (unpaired) electrons. The van der Waals surface area contributed by atoms with Gasteiger partial charge in [0.15, 0.2) is 0 Å². The Morgan fingerprint density at radius 1 is 1.47 bits per heavy atom. The number of rotatable bonds is 7. The summed E-state index contributed by atoms with van der Waals surface area (Å²) in [5.41, 5.74) is 0.279. The minimum Gasteiger partial charge on any atom is -0.378 e. The van der Waals surface area contributed by atoms with E-state index in [2.05, 4.69) is 38.0 Å². The van der Waals surface area contributed by atoms with Crippen LogP contribution < -0.4 is 5.32 Å². The van der Waals surface area contributed by atoms with Crippen molar-refractivity contribution in [3.05, 3.63) is 16.1 Å². The van der Waals surface area contributed by atoms with E-state index in [9.17, 15) is 0 Å². The third kappa shape index (κ3) is 3.01. The number of nitrogens with one attached hydrogen (secondary N) is 1. The van der Waals surface area contributed by atoms with Crippen molar-refractivity contribution in [2.24, 2.45) is 5.41 Å². The van der Waals surface area contributed by atoms with E-state index in [0.29, 0.717) is 12.1 Å². The highest BCUT2D eigenvalue weighted by molar-refractivity contribution is 7.11. The monoisotopic (exact) mass is 282 g/mol. The van der Waals surface area contributed by atoms with Gasteiger partial charge in [0, 0.05) is 35.7 Å². The van der Waals surface area contributed by atoms with Gasteiger partial charge < -0.3 is 10.1 Å². The van der Waals surface area contributed by atoms with E-state index in [1.807, 2.05) is 17.5 Å². The number of hydrogen-bond donors (Lipinski definition) is 1. The molecule has 3 unspecified atom stereocenters. The van der Waals surface area contributed by atoms with Gasteiger partial charge in [-0.2, -0.15) is 0 Å². The van der Waals surface area contributed by atoms with E-state index in [4.69, 9.17) is 4.74 Å². The molecular formula is C15H26N2OS. The number of nitrogens with zero attached hydrogens (tertiary/aromatic N) is 1. The second kappa shape index (κ2) is 6.33. The van der Waals surface area contributed by atoms with Crippen LogP contribution in [-0.4, -0.2) is 23.7 Å². The van der Waals surface area contributed by atoms with Crippen LogP contribution in [-0.2, 0) is 17.7 Å². The molecule has 108 valence electrons. The highest BCUT2D eigenvalue weighted by Crippen LogP contribution is 2.45. The Bertz CT molecular complexity index is 407. The van der Waals surface area contributed by atoms with Crippen molar-refractivity contribution < 1.29 is 4.74 Å². The van der Waals surface area contributed by atoms with Gasteiger partial charge >= 0.3 is 0 Å². The molecule has 1 aliphatic carbocycles. The van der Waals surface area contributed by atoms with Gasteiger partial charge in [0.1, 0.15) is 5.01 Å². The van der Waals surface area contributed by atoms with Gasteiger partial charge in [-0.25, -0.2) is 4.98 Å². The molecule has 4 heteroatoms. The quantitative estimate of drug-likeness (QED) is 0.832. The fraction of sp³-hybridized carbons (Fsp3) is 0.800. The molecule has 1 aromatic rings. The van der Waals surface area contributed by atoms with Crippen LogP contribution in [0, 0.1) is 5.41 Å². The minimum atomic E-state index is 0.279. The summed E-state index contributed by atoms with van der Waals surface area (Å²) in [6, 6.07) is 0.558. The largest absolute Gasteiger partial charge is 0.378 e. The first-order valence-corrected chi connectivity index (χ1v) is 8.24. The molecule has 1 N–H and O–H groups in total. The first-order chi connectivity index (χ1) is 9.13. The van der Waals surface area contributed by atoms with Gasteiger partial charge in [0.05, 0.1) is 6.10 Å². The Hall–Kier alpha value is -0.450. The Kier molecular flexibility index (Phi) is 4.98. The molecule has 0 saturated heterocycles. The summed E-state index contributed by atoms with van der Waals surface area (Å²) in [5.74, 6) is 0. The van der Waals surface area contributed by atoms with Gasteiger partial charge in [-0.1, -0.05) is 20.8 Å². The van der Waals surface area contributed by atoms with E-state index >= 15 is 0 Å². The zero-order chi connectivity index (χ0) is 13.9. The van der Waals surface area contributed by atoms with Crippen LogP contribution in [0.15, 0.2) is 6.20 Å². The van der Waals surface area contributed by atoms with Crippen LogP contribution >= 0.6 is 11.3 Å². The maximum Gasteiger partial charge on any atom is 0.107 e. The maximum absolute atomic E-state index is 5.84. The zero-order valence-electron chi connectivity index (χ0n) is 12.5. The summed E-state index contributed by atoms with van der Waals surface area (Å²) < 4.78 is 5.84. The van der Waals surface area contributed by atoms with E-state index in [1.165, 1.54) is 9.88 Å². The maximum atomic E-state index is 5.84. The summed E-state index contributed by atoms with van der Waals surface area (Å²) >= 11 is 1.82. The average Bonchev–Trinajstić information content (AvgIpc) is 2.88. The lowest BCUT2D eigenvalue weighted by molar-refractivity contribution is -0.126. The molecule has 19 heavy (non-hydrogen) atoms. The lowest BCUT2D eigenvalue weighted by Gasteiger charge is -2.53. The molecule has 2 rings (SSSR count). The van der Waals surface area contributed by atoms with Gasteiger partial charge in [-0.15, -0.1) is 11.3 Å². The molecule has 1 fully saturated rings. The smallest absolute Gasteiger partial charge is 0.107 e. The number of hydrogen-bond acceptors (Lipinski definition) is 4. The molecule has 1 aliphatic rings. The normalized spacial score (nSPS) is 30.3. The Balaban J connectivity index is 1.86. The fourth-order valence-corrected chi connectivity index (χ4v) is 3.68. The minimum absolute atomic E-state index is 0.279. The predicted molar refractivity (Wildman–Crippen MR) is 80.5 cm³/mol. The second-order valence-corrected chi connectivity index (χ2v) is 6.75. The van der Waals surface area contributed by atoms with Gasteiger partial charge in [-0.05, 0) is 26.2 Å². The third-order valence-corrected chi connectivity index (χ3v) is 5.70. The molecule has 3 nitrogen and oxygen atoms in total. The van der Waals surface area contributed by atoms with Crippen LogP contribution in [0.1, 0.15) is 50.4 Å². The number of aromatic nitrogens is 1. The van der Waals surface area contributed by atoms with E-state index < -0.39 is 0 Å². The lowest BCUT2D eigenvalue weighted by Crippen LogP contribution is -2.61. The summed E-state index contributed by atoms with van der Waals surface area (Å²) in [6.07, 6.45) is 5.80. The van der Waals surface area contributed by atoms with Crippen LogP contribution in [0.3, 0.4) is 0 Å². The highest BCUT2D eigenvalue weighted by Gasteiger charge is 2.50. The SMILES string of the molecule is CCOC1CC(NCc2ncc(CC)s2)C1(C)CC. The summed E-state index contributed by atoms with van der Waals surface area (Å²) in [5, 5.41) is 4.87. The van der Waals surface area contributed by atoms with Crippen molar-refractivity contribution in [3.63, 3.8) is 0 Å². The first kappa shape index (κ1) is 14.9. The predicted octanol–water partition coefficient (Wildman–Crippen LogP) is 3.39. The summed E-state index contributed by atoms with van der Waals surface area (Å²) in [7, 11) is 0. The molecule has 1 aromatic heterocycles. The molecule has 0 aliphatic heterocycles. The Labute approximate surface area is 120 Å². The molecule has 3 atom stereocenters. The van der Waals surface area contributed by atoms with Crippen molar-refractivity contribution in [1.82, 2.24) is 10.3 Å². The summed E-state index contributed by atoms with van der Waals surface area (Å²) in [6.45, 7) is 10.6. The van der Waals surface area contributed by atoms with E-state index in [-0.39, 0.29) is 5.41 Å². The summed E-state index contributed by atoms with van der Waals surface area (Å²) in [4.78, 5) is 5.84. The first-order valence-electron chi connectivity index (χ1n) is 7.42. The fourth-order valence-electron chi connectivity index (χ4n) is 2.87. The standard InChI is InChI=1S/C15H26N2OS/c1-5-11-9-17-14(19-11)10-16-12-8-13(18-7-3)15(12,4)6-2/h9,12-13,16H,5-8,10H2,1-4H3. The molecule has 0 bridgehead atoms. The van der Waals surface area contributed by atoms with Crippen molar-refractivity contribution in [3.8, 4) is 0 Å². The molecule has 1 saturated carbocycles. The zero-order valence-corrected chi connectivity index (χ0v) is 13.3. The number of thiazole rings is 1. The van der Waals surface area contributed by atoms with Crippen LogP contribution in [0.5, 0.6) is 0 Å². The van der Waals surface area contributed by atoms with Gasteiger partial charge in [0.2, 0.25) is 0 Å². The van der Waals surface area contributed by atoms with Crippen LogP contribution in [0.2, 0.25) is 0 Å². The molecule has 0 aromatic carbocycles. The number of ether oxygens (including phenoxy) is 1. The topological polar surface area (TPSA) is 34.1 Å². The molecule has 1 heterocycles. The van der Waals surface area contributed by atoms with E-state index in [0.717, 1.165) is 32.4 Å². The lowest BCUT2D eigenvalue weighted by atomic mass is 9.61. The van der Waals surface area contributed by atoms with Crippen molar-refractivity contribution >= 4 is 11.3 Å². The van der Waals surface area contributed by atoms with Crippen molar-refractivity contribution in [2.45, 2.75) is 65.6 Å². The Morgan fingerprint density at radius 3 is 2.84 bits per heavy atom. The second-order valence-electron chi connectivity index (χ2n) is 5.55. The van der Waals surface area contributed by atoms with Gasteiger partial charge in [0.25, 0.3) is 0 Å². The van der Waals surface area contributed by atoms with Crippen LogP contribution in [0.4, 0.5) is 0 Å². The molecule has 0 spiro atoms.